The number of allylic oxidation sites excluding steroid dienone is 1. The average molecular weight is 527 g/mol. The molecule has 0 amide bonds. The van der Waals surface area contributed by atoms with E-state index in [2.05, 4.69) is 29.8 Å². The summed E-state index contributed by atoms with van der Waals surface area (Å²) in [5.41, 5.74) is 3.44. The normalized spacial score (nSPS) is 12.8. The molecule has 2 heterocycles. The number of ether oxygens (including phenoxy) is 2. The number of phenolic OH excluding ortho intramolecular Hbond substituents is 1. The van der Waals surface area contributed by atoms with E-state index >= 15 is 0 Å². The van der Waals surface area contributed by atoms with Crippen molar-refractivity contribution in [3.8, 4) is 17.2 Å². The largest absolute Gasteiger partial charge is 0.508 e. The minimum Gasteiger partial charge on any atom is -0.508 e. The quantitative estimate of drug-likeness (QED) is 0.268. The second-order valence-corrected chi connectivity index (χ2v) is 10.2. The van der Waals surface area contributed by atoms with Gasteiger partial charge in [0, 0.05) is 33.0 Å². The summed E-state index contributed by atoms with van der Waals surface area (Å²) in [5.74, 6) is 2.73. The standard InChI is InChI=1S/C30H30N4O3S/c1-20(2)34-19-32-29(25-8-6-16-31-30(25)34)33-26-17-23(37-18-21-7-4-5-9-27(21)36-3)12-15-28(26)38-24-13-10-22(35)11-14-24/h4-7,9-17,19-20,31,35H,8,18H2,1-3H3. The summed E-state index contributed by atoms with van der Waals surface area (Å²) >= 11 is 1.57. The molecule has 1 aliphatic heterocycles. The van der Waals surface area contributed by atoms with E-state index in [1.807, 2.05) is 67.1 Å². The Balaban J connectivity index is 1.55. The van der Waals surface area contributed by atoms with E-state index in [9.17, 15) is 5.11 Å². The third-order valence-electron chi connectivity index (χ3n) is 6.14. The fourth-order valence-electron chi connectivity index (χ4n) is 4.17. The Labute approximate surface area is 226 Å². The highest BCUT2D eigenvalue weighted by atomic mass is 32.2. The van der Waals surface area contributed by atoms with Gasteiger partial charge in [0.05, 0.1) is 19.1 Å². The van der Waals surface area contributed by atoms with Crippen LogP contribution in [-0.2, 0) is 13.0 Å². The molecule has 194 valence electrons. The fraction of sp³-hybridized carbons (Fsp3) is 0.200. The minimum atomic E-state index is 0.235. The fourth-order valence-corrected chi connectivity index (χ4v) is 5.04. The molecule has 2 N–H and O–H groups in total. The lowest BCUT2D eigenvalue weighted by molar-refractivity contribution is 0.296. The van der Waals surface area contributed by atoms with Crippen LogP contribution in [0.4, 0.5) is 11.5 Å². The van der Waals surface area contributed by atoms with Crippen molar-refractivity contribution in [1.82, 2.24) is 9.55 Å². The smallest absolute Gasteiger partial charge is 0.161 e. The first-order chi connectivity index (χ1) is 18.5. The maximum Gasteiger partial charge on any atom is 0.161 e. The molecule has 38 heavy (non-hydrogen) atoms. The van der Waals surface area contributed by atoms with Gasteiger partial charge in [-0.15, -0.1) is 0 Å². The molecule has 0 atom stereocenters. The molecule has 0 bridgehead atoms. The first-order valence-electron chi connectivity index (χ1n) is 12.4. The van der Waals surface area contributed by atoms with Gasteiger partial charge in [-0.1, -0.05) is 36.0 Å². The molecule has 0 fully saturated rings. The molecule has 0 unspecified atom stereocenters. The van der Waals surface area contributed by atoms with Crippen molar-refractivity contribution >= 4 is 23.3 Å². The molecule has 3 aromatic carbocycles. The molecule has 0 saturated carbocycles. The van der Waals surface area contributed by atoms with Crippen LogP contribution in [0, 0.1) is 0 Å². The van der Waals surface area contributed by atoms with E-state index in [1.54, 1.807) is 31.0 Å². The number of methoxy groups -OCH3 is 1. The predicted molar refractivity (Wildman–Crippen MR) is 150 cm³/mol. The molecule has 1 aromatic heterocycles. The van der Waals surface area contributed by atoms with Crippen molar-refractivity contribution < 1.29 is 14.6 Å². The van der Waals surface area contributed by atoms with Gasteiger partial charge in [0.2, 0.25) is 0 Å². The number of hydrogen-bond acceptors (Lipinski definition) is 7. The molecule has 0 spiro atoms. The zero-order valence-corrected chi connectivity index (χ0v) is 22.4. The number of rotatable bonds is 8. The number of para-hydroxylation sites is 1. The maximum atomic E-state index is 9.70. The maximum absolute atomic E-state index is 9.70. The van der Waals surface area contributed by atoms with Crippen LogP contribution >= 0.6 is 11.8 Å². The molecule has 4 aromatic rings. The second kappa shape index (κ2) is 11.5. The Morgan fingerprint density at radius 2 is 1.92 bits per heavy atom. The predicted octanol–water partition coefficient (Wildman–Crippen LogP) is 6.62. The van der Waals surface area contributed by atoms with E-state index in [0.29, 0.717) is 17.8 Å². The van der Waals surface area contributed by atoms with Crippen LogP contribution < -0.4 is 20.3 Å². The van der Waals surface area contributed by atoms with Crippen molar-refractivity contribution in [1.29, 1.82) is 0 Å². The molecule has 5 rings (SSSR count). The van der Waals surface area contributed by atoms with E-state index in [-0.39, 0.29) is 11.8 Å². The Kier molecular flexibility index (Phi) is 7.70. The van der Waals surface area contributed by atoms with E-state index in [0.717, 1.165) is 44.6 Å². The van der Waals surface area contributed by atoms with Crippen molar-refractivity contribution in [2.24, 2.45) is 4.99 Å². The van der Waals surface area contributed by atoms with Gasteiger partial charge in [0.15, 0.2) is 5.49 Å². The Morgan fingerprint density at radius 1 is 1.11 bits per heavy atom. The number of anilines is 1. The van der Waals surface area contributed by atoms with Crippen molar-refractivity contribution in [3.63, 3.8) is 0 Å². The van der Waals surface area contributed by atoms with Crippen LogP contribution in [0.3, 0.4) is 0 Å². The first kappa shape index (κ1) is 25.5. The van der Waals surface area contributed by atoms with Gasteiger partial charge in [-0.2, -0.15) is 0 Å². The molecular formula is C30H30N4O3S. The van der Waals surface area contributed by atoms with Crippen LogP contribution in [0.15, 0.2) is 100 Å². The lowest BCUT2D eigenvalue weighted by Crippen LogP contribution is -2.24. The van der Waals surface area contributed by atoms with Crippen molar-refractivity contribution in [3.05, 3.63) is 102 Å². The topological polar surface area (TPSA) is 80.9 Å². The third kappa shape index (κ3) is 5.70. The first-order valence-corrected chi connectivity index (χ1v) is 13.3. The van der Waals surface area contributed by atoms with Gasteiger partial charge in [-0.25, -0.2) is 9.98 Å². The zero-order chi connectivity index (χ0) is 26.5. The van der Waals surface area contributed by atoms with Crippen LogP contribution in [0.25, 0.3) is 0 Å². The number of fused-ring (bicyclic) bond motifs is 1. The van der Waals surface area contributed by atoms with Crippen molar-refractivity contribution in [2.75, 3.05) is 12.4 Å². The van der Waals surface area contributed by atoms with Crippen LogP contribution in [0.2, 0.25) is 0 Å². The van der Waals surface area contributed by atoms with Gasteiger partial charge in [0.25, 0.3) is 0 Å². The van der Waals surface area contributed by atoms with Crippen LogP contribution in [0.1, 0.15) is 31.0 Å². The lowest BCUT2D eigenvalue weighted by Gasteiger charge is -2.21. The monoisotopic (exact) mass is 526 g/mol. The number of aromatic nitrogens is 2. The Hall–Kier alpha value is -4.17. The number of aromatic hydroxyl groups is 1. The summed E-state index contributed by atoms with van der Waals surface area (Å²) in [7, 11) is 1.66. The Morgan fingerprint density at radius 3 is 2.71 bits per heavy atom. The number of phenols is 1. The van der Waals surface area contributed by atoms with Gasteiger partial charge in [0.1, 0.15) is 29.7 Å². The molecule has 7 nitrogen and oxygen atoms in total. The van der Waals surface area contributed by atoms with Crippen molar-refractivity contribution in [2.45, 2.75) is 42.7 Å². The van der Waals surface area contributed by atoms with E-state index in [4.69, 9.17) is 19.5 Å². The number of benzene rings is 3. The second-order valence-electron chi connectivity index (χ2n) is 9.09. The average Bonchev–Trinajstić information content (AvgIpc) is 2.94. The Bertz CT molecular complexity index is 1530. The number of hydrogen-bond donors (Lipinski definition) is 2. The SMILES string of the molecule is COc1ccccc1COc1ccc(Sc2ccc(O)cc2)c(N=c2ncn(C(C)C)c3c2CC=CN3)c1. The third-order valence-corrected chi connectivity index (χ3v) is 7.22. The zero-order valence-electron chi connectivity index (χ0n) is 21.6. The highest BCUT2D eigenvalue weighted by Crippen LogP contribution is 2.38. The molecule has 0 aliphatic carbocycles. The van der Waals surface area contributed by atoms with E-state index < -0.39 is 0 Å². The number of nitrogens with zero attached hydrogens (tertiary/aromatic N) is 3. The molecule has 8 heteroatoms. The van der Waals surface area contributed by atoms with Gasteiger partial charge in [-0.3, -0.25) is 0 Å². The molecule has 0 saturated heterocycles. The number of nitrogens with one attached hydrogen (secondary N) is 1. The summed E-state index contributed by atoms with van der Waals surface area (Å²) < 4.78 is 13.8. The molecular weight excluding hydrogens is 496 g/mol. The molecule has 0 radical (unpaired) electrons. The summed E-state index contributed by atoms with van der Waals surface area (Å²) in [4.78, 5) is 11.7. The van der Waals surface area contributed by atoms with Gasteiger partial charge < -0.3 is 24.5 Å². The highest BCUT2D eigenvalue weighted by Gasteiger charge is 2.15. The highest BCUT2D eigenvalue weighted by molar-refractivity contribution is 7.99. The van der Waals surface area contributed by atoms with Crippen LogP contribution in [0.5, 0.6) is 17.2 Å². The summed E-state index contributed by atoms with van der Waals surface area (Å²) in [6.45, 7) is 4.64. The minimum absolute atomic E-state index is 0.235. The lowest BCUT2D eigenvalue weighted by atomic mass is 10.1. The van der Waals surface area contributed by atoms with Gasteiger partial charge >= 0.3 is 0 Å². The van der Waals surface area contributed by atoms with E-state index in [1.165, 1.54) is 0 Å². The van der Waals surface area contributed by atoms with Crippen LogP contribution in [-0.4, -0.2) is 21.8 Å². The molecule has 1 aliphatic rings. The summed E-state index contributed by atoms with van der Waals surface area (Å²) in [6.07, 6.45) is 6.62. The summed E-state index contributed by atoms with van der Waals surface area (Å²) in [5, 5.41) is 13.1. The summed E-state index contributed by atoms with van der Waals surface area (Å²) in [6, 6.07) is 21.1. The van der Waals surface area contributed by atoms with Gasteiger partial charge in [-0.05, 0) is 68.9 Å².